The van der Waals surface area contributed by atoms with E-state index in [4.69, 9.17) is 4.74 Å². The van der Waals surface area contributed by atoms with Crippen LogP contribution in [-0.2, 0) is 4.74 Å². The summed E-state index contributed by atoms with van der Waals surface area (Å²) in [5, 5.41) is 11.9. The molecule has 0 spiro atoms. The Bertz CT molecular complexity index is 163. The Morgan fingerprint density at radius 1 is 1.73 bits per heavy atom. The Morgan fingerprint density at radius 3 is 2.64 bits per heavy atom. The number of likely N-dealkylation sites (N-methyl/N-ethyl adjacent to an activating group) is 1. The lowest BCUT2D eigenvalue weighted by molar-refractivity contribution is 0.182. The highest BCUT2D eigenvalue weighted by atomic mass is 16.5. The molecule has 0 heterocycles. The highest BCUT2D eigenvalue weighted by Gasteiger charge is 2.01. The van der Waals surface area contributed by atoms with Crippen LogP contribution >= 0.6 is 0 Å². The number of rotatable bonds is 4. The summed E-state index contributed by atoms with van der Waals surface area (Å²) in [5.74, 6) is 0.539. The van der Waals surface area contributed by atoms with Crippen molar-refractivity contribution in [1.29, 1.82) is 0 Å². The molecule has 0 amide bonds. The predicted octanol–water partition coefficient (Wildman–Crippen LogP) is 0.631. The summed E-state index contributed by atoms with van der Waals surface area (Å²) in [4.78, 5) is 0. The average molecular weight is 157 g/mol. The van der Waals surface area contributed by atoms with Gasteiger partial charge in [-0.2, -0.15) is 0 Å². The van der Waals surface area contributed by atoms with E-state index in [-0.39, 0.29) is 0 Å². The number of aliphatic hydroxyl groups is 1. The van der Waals surface area contributed by atoms with Crippen LogP contribution in [0.15, 0.2) is 24.0 Å². The van der Waals surface area contributed by atoms with Crippen LogP contribution in [0.5, 0.6) is 0 Å². The van der Waals surface area contributed by atoms with Crippen LogP contribution in [0.3, 0.4) is 0 Å². The fourth-order valence-corrected chi connectivity index (χ4v) is 0.619. The molecule has 0 bridgehead atoms. The molecular formula is C8H15NO2. The molecule has 0 aliphatic heterocycles. The summed E-state index contributed by atoms with van der Waals surface area (Å²) >= 11 is 0. The summed E-state index contributed by atoms with van der Waals surface area (Å²) in [6.45, 7) is 5.39. The van der Waals surface area contributed by atoms with Crippen molar-refractivity contribution >= 4 is 0 Å². The number of nitrogens with one attached hydrogen (secondary N) is 1. The molecule has 0 radical (unpaired) electrons. The average Bonchev–Trinajstić information content (AvgIpc) is 2.02. The lowest BCUT2D eigenvalue weighted by Crippen LogP contribution is -2.25. The van der Waals surface area contributed by atoms with E-state index in [0.29, 0.717) is 5.76 Å². The number of methoxy groups -OCH3 is 1. The first-order chi connectivity index (χ1) is 5.11. The normalized spacial score (nSPS) is 14.4. The number of hydrogen-bond donors (Lipinski definition) is 2. The van der Waals surface area contributed by atoms with E-state index >= 15 is 0 Å². The maximum Gasteiger partial charge on any atom is 0.126 e. The molecule has 0 saturated carbocycles. The summed E-state index contributed by atoms with van der Waals surface area (Å²) in [6.07, 6.45) is 1.06. The zero-order chi connectivity index (χ0) is 8.85. The molecule has 0 rings (SSSR count). The van der Waals surface area contributed by atoms with Crippen molar-refractivity contribution in [3.8, 4) is 0 Å². The smallest absolute Gasteiger partial charge is 0.126 e. The number of allylic oxidation sites excluding steroid dienone is 1. The largest absolute Gasteiger partial charge is 0.497 e. The van der Waals surface area contributed by atoms with Crippen molar-refractivity contribution in [3.63, 3.8) is 0 Å². The van der Waals surface area contributed by atoms with Crippen molar-refractivity contribution in [3.05, 3.63) is 24.0 Å². The van der Waals surface area contributed by atoms with Crippen LogP contribution < -0.4 is 5.32 Å². The van der Waals surface area contributed by atoms with Gasteiger partial charge in [-0.3, -0.25) is 5.32 Å². The van der Waals surface area contributed by atoms with E-state index < -0.39 is 6.23 Å². The van der Waals surface area contributed by atoms with Gasteiger partial charge in [0.05, 0.1) is 7.11 Å². The molecule has 0 aliphatic carbocycles. The molecule has 3 nitrogen and oxygen atoms in total. The quantitative estimate of drug-likeness (QED) is 0.357. The zero-order valence-electron chi connectivity index (χ0n) is 7.22. The maximum absolute atomic E-state index is 9.19. The summed E-state index contributed by atoms with van der Waals surface area (Å²) in [6, 6.07) is 0. The van der Waals surface area contributed by atoms with Gasteiger partial charge in [-0.25, -0.2) is 0 Å². The summed E-state index contributed by atoms with van der Waals surface area (Å²) in [7, 11) is 3.22. The van der Waals surface area contributed by atoms with Crippen LogP contribution in [0.1, 0.15) is 6.92 Å². The number of ether oxygens (including phenoxy) is 1. The van der Waals surface area contributed by atoms with E-state index in [0.717, 1.165) is 5.57 Å². The molecule has 0 saturated heterocycles. The van der Waals surface area contributed by atoms with Gasteiger partial charge in [0.2, 0.25) is 0 Å². The molecule has 64 valence electrons. The fourth-order valence-electron chi connectivity index (χ4n) is 0.619. The van der Waals surface area contributed by atoms with Crippen molar-refractivity contribution in [2.45, 2.75) is 13.2 Å². The molecule has 2 N–H and O–H groups in total. The van der Waals surface area contributed by atoms with Gasteiger partial charge in [-0.05, 0) is 25.6 Å². The molecule has 0 aromatic heterocycles. The van der Waals surface area contributed by atoms with Gasteiger partial charge in [0.1, 0.15) is 12.0 Å². The van der Waals surface area contributed by atoms with Gasteiger partial charge in [-0.15, -0.1) is 0 Å². The Balaban J connectivity index is 4.09. The SMILES string of the molecule is C=C(/C=C(\C)C(O)NC)OC. The molecule has 0 fully saturated rings. The van der Waals surface area contributed by atoms with Crippen molar-refractivity contribution < 1.29 is 9.84 Å². The van der Waals surface area contributed by atoms with Crippen molar-refractivity contribution in [2.75, 3.05) is 14.2 Å². The van der Waals surface area contributed by atoms with Gasteiger partial charge in [-0.1, -0.05) is 6.58 Å². The van der Waals surface area contributed by atoms with Crippen LogP contribution in [-0.4, -0.2) is 25.5 Å². The van der Waals surface area contributed by atoms with E-state index in [1.165, 1.54) is 7.11 Å². The molecule has 1 unspecified atom stereocenters. The van der Waals surface area contributed by atoms with Gasteiger partial charge < -0.3 is 9.84 Å². The topological polar surface area (TPSA) is 41.5 Å². The Hall–Kier alpha value is -0.800. The van der Waals surface area contributed by atoms with Crippen LogP contribution in [0, 0.1) is 0 Å². The lowest BCUT2D eigenvalue weighted by Gasteiger charge is -2.09. The minimum Gasteiger partial charge on any atom is -0.497 e. The number of hydrogen-bond acceptors (Lipinski definition) is 3. The Labute approximate surface area is 67.4 Å². The second-order valence-corrected chi connectivity index (χ2v) is 2.25. The van der Waals surface area contributed by atoms with Gasteiger partial charge >= 0.3 is 0 Å². The monoisotopic (exact) mass is 157 g/mol. The van der Waals surface area contributed by atoms with Gasteiger partial charge in [0.15, 0.2) is 0 Å². The van der Waals surface area contributed by atoms with Crippen LogP contribution in [0.2, 0.25) is 0 Å². The molecule has 3 heteroatoms. The third kappa shape index (κ3) is 3.80. The van der Waals surface area contributed by atoms with Gasteiger partial charge in [0.25, 0.3) is 0 Å². The van der Waals surface area contributed by atoms with Crippen molar-refractivity contribution in [1.82, 2.24) is 5.32 Å². The van der Waals surface area contributed by atoms with E-state index in [2.05, 4.69) is 11.9 Å². The predicted molar refractivity (Wildman–Crippen MR) is 45.0 cm³/mol. The van der Waals surface area contributed by atoms with Crippen LogP contribution in [0.4, 0.5) is 0 Å². The first-order valence-corrected chi connectivity index (χ1v) is 3.38. The highest BCUT2D eigenvalue weighted by molar-refractivity contribution is 5.16. The highest BCUT2D eigenvalue weighted by Crippen LogP contribution is 2.02. The zero-order valence-corrected chi connectivity index (χ0v) is 7.22. The summed E-state index contributed by atoms with van der Waals surface area (Å²) in [5.41, 5.74) is 0.777. The molecular weight excluding hydrogens is 142 g/mol. The fraction of sp³-hybridized carbons (Fsp3) is 0.500. The van der Waals surface area contributed by atoms with E-state index in [1.54, 1.807) is 20.0 Å². The second-order valence-electron chi connectivity index (χ2n) is 2.25. The van der Waals surface area contributed by atoms with E-state index in [9.17, 15) is 5.11 Å². The third-order valence-electron chi connectivity index (χ3n) is 1.36. The summed E-state index contributed by atoms with van der Waals surface area (Å²) < 4.78 is 4.81. The Morgan fingerprint density at radius 2 is 2.27 bits per heavy atom. The first-order valence-electron chi connectivity index (χ1n) is 3.38. The molecule has 0 aromatic rings. The lowest BCUT2D eigenvalue weighted by atomic mass is 10.2. The molecule has 0 aromatic carbocycles. The molecule has 0 aliphatic rings. The van der Waals surface area contributed by atoms with E-state index in [1.807, 2.05) is 0 Å². The number of aliphatic hydroxyl groups excluding tert-OH is 1. The maximum atomic E-state index is 9.19. The Kier molecular flexibility index (Phi) is 4.57. The minimum atomic E-state index is -0.623. The molecule has 11 heavy (non-hydrogen) atoms. The third-order valence-corrected chi connectivity index (χ3v) is 1.36. The molecule has 1 atom stereocenters. The van der Waals surface area contributed by atoms with Gasteiger partial charge in [0, 0.05) is 0 Å². The van der Waals surface area contributed by atoms with Crippen LogP contribution in [0.25, 0.3) is 0 Å². The standard InChI is InChI=1S/C8H15NO2/c1-6(8(10)9-3)5-7(2)11-4/h5,8-10H,2H2,1,3-4H3/b6-5+. The first kappa shape index (κ1) is 10.2. The second kappa shape index (κ2) is 4.93. The van der Waals surface area contributed by atoms with Crippen molar-refractivity contribution in [2.24, 2.45) is 0 Å². The minimum absolute atomic E-state index is 0.539.